The topological polar surface area (TPSA) is 45.1 Å². The molecule has 24 heavy (non-hydrogen) atoms. The molecule has 0 aromatic heterocycles. The third-order valence-electron chi connectivity index (χ3n) is 4.63. The Balaban J connectivity index is 1.71. The largest absolute Gasteiger partial charge is 0.383 e. The molecule has 1 aromatic rings. The Bertz CT molecular complexity index is 681. The fraction of sp³-hybridized carbons (Fsp3) is 0.500. The first-order chi connectivity index (χ1) is 11.6. The number of aryl methyl sites for hydroxylation is 1. The van der Waals surface area contributed by atoms with Gasteiger partial charge in [-0.05, 0) is 55.2 Å². The van der Waals surface area contributed by atoms with Crippen LogP contribution in [0.4, 0.5) is 5.69 Å². The quantitative estimate of drug-likeness (QED) is 0.743. The van der Waals surface area contributed by atoms with Crippen molar-refractivity contribution in [3.8, 4) is 0 Å². The van der Waals surface area contributed by atoms with E-state index < -0.39 is 0 Å². The van der Waals surface area contributed by atoms with Crippen LogP contribution >= 0.6 is 12.2 Å². The second-order valence-corrected chi connectivity index (χ2v) is 6.64. The third kappa shape index (κ3) is 3.49. The van der Waals surface area contributed by atoms with Gasteiger partial charge in [0.15, 0.2) is 0 Å². The highest BCUT2D eigenvalue weighted by Gasteiger charge is 2.30. The lowest BCUT2D eigenvalue weighted by atomic mass is 10.0. The Hall–Kier alpha value is -1.79. The first-order valence-corrected chi connectivity index (χ1v) is 8.78. The van der Waals surface area contributed by atoms with E-state index in [1.165, 1.54) is 29.0 Å². The van der Waals surface area contributed by atoms with E-state index in [9.17, 15) is 4.79 Å². The highest BCUT2D eigenvalue weighted by molar-refractivity contribution is 7.80. The average Bonchev–Trinajstić information content (AvgIpc) is 3.18. The molecule has 0 bridgehead atoms. The number of anilines is 1. The van der Waals surface area contributed by atoms with Crippen LogP contribution in [0.2, 0.25) is 0 Å². The predicted molar refractivity (Wildman–Crippen MR) is 100.0 cm³/mol. The van der Waals surface area contributed by atoms with Crippen molar-refractivity contribution in [1.29, 1.82) is 0 Å². The molecule has 2 heterocycles. The molecule has 1 fully saturated rings. The first kappa shape index (κ1) is 17.0. The number of aliphatic imine (C=N–C) groups is 1. The summed E-state index contributed by atoms with van der Waals surface area (Å²) < 4.78 is 5.03. The van der Waals surface area contributed by atoms with Crippen molar-refractivity contribution in [2.24, 2.45) is 4.99 Å². The fourth-order valence-corrected chi connectivity index (χ4v) is 3.48. The first-order valence-electron chi connectivity index (χ1n) is 8.37. The molecular formula is C18H23N3O2S. The van der Waals surface area contributed by atoms with Crippen molar-refractivity contribution in [3.63, 3.8) is 0 Å². The Morgan fingerprint density at radius 1 is 1.29 bits per heavy atom. The van der Waals surface area contributed by atoms with E-state index in [0.29, 0.717) is 30.4 Å². The van der Waals surface area contributed by atoms with Gasteiger partial charge in [0.1, 0.15) is 5.71 Å². The average molecular weight is 345 g/mol. The van der Waals surface area contributed by atoms with Crippen LogP contribution < -0.4 is 4.90 Å². The van der Waals surface area contributed by atoms with Crippen molar-refractivity contribution in [2.75, 3.05) is 38.3 Å². The summed E-state index contributed by atoms with van der Waals surface area (Å²) in [6.45, 7) is 5.27. The smallest absolute Gasteiger partial charge is 0.275 e. The van der Waals surface area contributed by atoms with Crippen LogP contribution in [0, 0.1) is 6.92 Å². The Kier molecular flexibility index (Phi) is 5.26. The summed E-state index contributed by atoms with van der Waals surface area (Å²) in [5.41, 5.74) is 4.11. The van der Waals surface area contributed by atoms with Crippen molar-refractivity contribution < 1.29 is 9.53 Å². The third-order valence-corrected chi connectivity index (χ3v) is 4.94. The molecule has 5 nitrogen and oxygen atoms in total. The number of thiocarbonyl (C=S) groups is 1. The maximum Gasteiger partial charge on any atom is 0.275 e. The van der Waals surface area contributed by atoms with Gasteiger partial charge >= 0.3 is 0 Å². The van der Waals surface area contributed by atoms with E-state index in [1.807, 2.05) is 0 Å². The van der Waals surface area contributed by atoms with Crippen LogP contribution in [0.1, 0.15) is 24.0 Å². The molecule has 0 N–H and O–H groups in total. The monoisotopic (exact) mass is 345 g/mol. The summed E-state index contributed by atoms with van der Waals surface area (Å²) in [5, 5.41) is 0.346. The number of methoxy groups -OCH3 is 1. The molecule has 0 saturated carbocycles. The van der Waals surface area contributed by atoms with Gasteiger partial charge in [-0.1, -0.05) is 6.07 Å². The number of ether oxygens (including phenoxy) is 1. The van der Waals surface area contributed by atoms with E-state index in [2.05, 4.69) is 35.0 Å². The van der Waals surface area contributed by atoms with E-state index >= 15 is 0 Å². The summed E-state index contributed by atoms with van der Waals surface area (Å²) in [6.07, 6.45) is 3.05. The normalized spacial score (nSPS) is 17.8. The number of amides is 1. The summed E-state index contributed by atoms with van der Waals surface area (Å²) >= 11 is 5.21. The van der Waals surface area contributed by atoms with E-state index in [0.717, 1.165) is 18.7 Å². The highest BCUT2D eigenvalue weighted by Crippen LogP contribution is 2.24. The molecule has 0 unspecified atom stereocenters. The highest BCUT2D eigenvalue weighted by atomic mass is 32.1. The summed E-state index contributed by atoms with van der Waals surface area (Å²) in [5.74, 6) is -0.0972. The number of carbonyl (C=O) groups excluding carboxylic acids is 1. The summed E-state index contributed by atoms with van der Waals surface area (Å²) in [6, 6.07) is 6.47. The predicted octanol–water partition coefficient (Wildman–Crippen LogP) is 2.35. The molecule has 2 aliphatic heterocycles. The molecule has 1 amide bonds. The van der Waals surface area contributed by atoms with Crippen molar-refractivity contribution in [1.82, 2.24) is 4.90 Å². The standard InChI is InChI=1S/C18H23N3O2S/c1-13-11-15(20-7-3-4-8-20)6-5-14(13)12-16-17(22)21(9-10-23-2)18(24)19-16/h5-6,11H,3-4,7-10,12H2,1-2H3. The molecule has 0 radical (unpaired) electrons. The van der Waals surface area contributed by atoms with Gasteiger partial charge in [-0.25, -0.2) is 4.99 Å². The van der Waals surface area contributed by atoms with Gasteiger partial charge < -0.3 is 9.64 Å². The molecule has 1 aromatic carbocycles. The SMILES string of the molecule is COCCN1C(=O)C(Cc2ccc(N3CCCC3)cc2C)=NC1=S. The van der Waals surface area contributed by atoms with Crippen molar-refractivity contribution in [2.45, 2.75) is 26.2 Å². The van der Waals surface area contributed by atoms with Gasteiger partial charge in [-0.2, -0.15) is 0 Å². The molecular weight excluding hydrogens is 322 g/mol. The zero-order valence-electron chi connectivity index (χ0n) is 14.2. The second kappa shape index (κ2) is 7.40. The van der Waals surface area contributed by atoms with E-state index in [1.54, 1.807) is 7.11 Å². The summed E-state index contributed by atoms with van der Waals surface area (Å²) in [7, 11) is 1.61. The minimum absolute atomic E-state index is 0.0972. The maximum absolute atomic E-state index is 12.5. The van der Waals surface area contributed by atoms with Gasteiger partial charge in [-0.15, -0.1) is 0 Å². The number of hydrogen-bond donors (Lipinski definition) is 0. The van der Waals surface area contributed by atoms with Gasteiger partial charge in [0.2, 0.25) is 5.11 Å². The lowest BCUT2D eigenvalue weighted by molar-refractivity contribution is -0.120. The second-order valence-electron chi connectivity index (χ2n) is 6.27. The van der Waals surface area contributed by atoms with Gasteiger partial charge in [0, 0.05) is 32.3 Å². The lowest BCUT2D eigenvalue weighted by Gasteiger charge is -2.19. The van der Waals surface area contributed by atoms with E-state index in [-0.39, 0.29) is 5.91 Å². The number of rotatable bonds is 6. The molecule has 2 aliphatic rings. The Morgan fingerprint density at radius 2 is 2.04 bits per heavy atom. The van der Waals surface area contributed by atoms with Crippen LogP contribution in [0.15, 0.2) is 23.2 Å². The van der Waals surface area contributed by atoms with Gasteiger partial charge in [0.25, 0.3) is 5.91 Å². The lowest BCUT2D eigenvalue weighted by Crippen LogP contribution is -2.35. The fourth-order valence-electron chi connectivity index (χ4n) is 3.19. The Morgan fingerprint density at radius 3 is 2.71 bits per heavy atom. The molecule has 0 aliphatic carbocycles. The Labute approximate surface area is 148 Å². The number of hydrogen-bond acceptors (Lipinski definition) is 4. The van der Waals surface area contributed by atoms with Gasteiger partial charge in [-0.3, -0.25) is 9.69 Å². The van der Waals surface area contributed by atoms with Crippen molar-refractivity contribution >= 4 is 34.6 Å². The van der Waals surface area contributed by atoms with Crippen molar-refractivity contribution in [3.05, 3.63) is 29.3 Å². The molecule has 3 rings (SSSR count). The van der Waals surface area contributed by atoms with Crippen LogP contribution in [-0.2, 0) is 16.0 Å². The molecule has 0 spiro atoms. The van der Waals surface area contributed by atoms with E-state index in [4.69, 9.17) is 17.0 Å². The minimum atomic E-state index is -0.0972. The van der Waals surface area contributed by atoms with Crippen LogP contribution in [-0.4, -0.2) is 55.0 Å². The van der Waals surface area contributed by atoms with Crippen LogP contribution in [0.5, 0.6) is 0 Å². The van der Waals surface area contributed by atoms with Gasteiger partial charge in [0.05, 0.1) is 13.2 Å². The van der Waals surface area contributed by atoms with Crippen LogP contribution in [0.3, 0.4) is 0 Å². The molecule has 6 heteroatoms. The maximum atomic E-state index is 12.5. The summed E-state index contributed by atoms with van der Waals surface area (Å²) in [4.78, 5) is 20.7. The zero-order chi connectivity index (χ0) is 17.1. The number of benzene rings is 1. The number of carbonyl (C=O) groups is 1. The minimum Gasteiger partial charge on any atom is -0.383 e. The molecule has 128 valence electrons. The van der Waals surface area contributed by atoms with Crippen LogP contribution in [0.25, 0.3) is 0 Å². The zero-order valence-corrected chi connectivity index (χ0v) is 15.1. The number of nitrogens with zero attached hydrogens (tertiary/aromatic N) is 3. The molecule has 1 saturated heterocycles. The molecule has 0 atom stereocenters.